The van der Waals surface area contributed by atoms with Crippen LogP contribution in [-0.4, -0.2) is 54.8 Å². The number of piperidine rings is 1. The van der Waals surface area contributed by atoms with Crippen LogP contribution in [0.4, 0.5) is 0 Å². The van der Waals surface area contributed by atoms with Gasteiger partial charge in [-0.15, -0.1) is 0 Å². The van der Waals surface area contributed by atoms with Crippen molar-refractivity contribution in [2.24, 2.45) is 5.41 Å². The lowest BCUT2D eigenvalue weighted by Gasteiger charge is -2.43. The molecule has 20 heavy (non-hydrogen) atoms. The van der Waals surface area contributed by atoms with Gasteiger partial charge in [0.05, 0.1) is 11.9 Å². The third-order valence-corrected chi connectivity index (χ3v) is 6.14. The van der Waals surface area contributed by atoms with Gasteiger partial charge in [0, 0.05) is 13.2 Å². The van der Waals surface area contributed by atoms with Gasteiger partial charge in [0.2, 0.25) is 10.0 Å². The molecule has 0 bridgehead atoms. The van der Waals surface area contributed by atoms with Crippen molar-refractivity contribution in [3.8, 4) is 0 Å². The Labute approximate surface area is 120 Å². The maximum Gasteiger partial charge on any atom is 0.322 e. The average molecular weight is 305 g/mol. The fraction of sp³-hybridized carbons (Fsp3) is 0.923. The molecule has 2 aliphatic heterocycles. The van der Waals surface area contributed by atoms with Gasteiger partial charge in [-0.05, 0) is 31.1 Å². The van der Waals surface area contributed by atoms with Crippen LogP contribution in [0.5, 0.6) is 0 Å². The van der Waals surface area contributed by atoms with Crippen molar-refractivity contribution in [1.29, 1.82) is 0 Å². The highest BCUT2D eigenvalue weighted by Gasteiger charge is 2.47. The molecule has 116 valence electrons. The molecule has 2 atom stereocenters. The second-order valence-corrected chi connectivity index (χ2v) is 8.32. The lowest BCUT2D eigenvalue weighted by Crippen LogP contribution is -2.57. The number of hydrogen-bond donors (Lipinski definition) is 1. The van der Waals surface area contributed by atoms with Gasteiger partial charge in [-0.2, -0.15) is 4.31 Å². The third kappa shape index (κ3) is 3.15. The highest BCUT2D eigenvalue weighted by molar-refractivity contribution is 7.89. The number of carbonyl (C=O) groups is 1. The van der Waals surface area contributed by atoms with Crippen LogP contribution in [0.25, 0.3) is 0 Å². The maximum atomic E-state index is 12.5. The van der Waals surface area contributed by atoms with Gasteiger partial charge in [-0.3, -0.25) is 4.79 Å². The predicted octanol–water partition coefficient (Wildman–Crippen LogP) is 1.07. The van der Waals surface area contributed by atoms with Gasteiger partial charge in [0.1, 0.15) is 6.04 Å². The Kier molecular flexibility index (Phi) is 4.41. The van der Waals surface area contributed by atoms with Crippen molar-refractivity contribution in [2.75, 3.05) is 18.9 Å². The Morgan fingerprint density at radius 2 is 2.10 bits per heavy atom. The van der Waals surface area contributed by atoms with E-state index in [1.807, 2.05) is 13.8 Å². The number of ether oxygens (including phenoxy) is 1. The molecular weight excluding hydrogens is 282 g/mol. The molecule has 0 aliphatic carbocycles. The standard InChI is InChI=1S/C13H23NO5S/c1-13(2)6-4-7-14(11(13)12(15)16)20(17,18)9-10-5-3-8-19-10/h10-11H,3-9H2,1-2H3,(H,15,16). The van der Waals surface area contributed by atoms with Crippen molar-refractivity contribution in [1.82, 2.24) is 4.31 Å². The first-order valence-electron chi connectivity index (χ1n) is 7.08. The molecule has 0 saturated carbocycles. The van der Waals surface area contributed by atoms with Gasteiger partial charge < -0.3 is 9.84 Å². The molecule has 2 heterocycles. The van der Waals surface area contributed by atoms with Crippen molar-refractivity contribution in [3.05, 3.63) is 0 Å². The summed E-state index contributed by atoms with van der Waals surface area (Å²) in [6.45, 7) is 4.52. The Balaban J connectivity index is 2.21. The Morgan fingerprint density at radius 3 is 2.65 bits per heavy atom. The number of carboxylic acids is 1. The number of nitrogens with zero attached hydrogens (tertiary/aromatic N) is 1. The van der Waals surface area contributed by atoms with Crippen LogP contribution in [0.1, 0.15) is 39.5 Å². The summed E-state index contributed by atoms with van der Waals surface area (Å²) < 4.78 is 31.6. The molecule has 6 nitrogen and oxygen atoms in total. The molecule has 2 unspecified atom stereocenters. The Hall–Kier alpha value is -0.660. The number of carboxylic acid groups (broad SMARTS) is 1. The first-order chi connectivity index (χ1) is 9.24. The molecule has 0 radical (unpaired) electrons. The molecule has 0 aromatic carbocycles. The average Bonchev–Trinajstić information content (AvgIpc) is 2.78. The van der Waals surface area contributed by atoms with Crippen molar-refractivity contribution >= 4 is 16.0 Å². The van der Waals surface area contributed by atoms with Crippen LogP contribution >= 0.6 is 0 Å². The number of hydrogen-bond acceptors (Lipinski definition) is 4. The summed E-state index contributed by atoms with van der Waals surface area (Å²) in [5.41, 5.74) is -0.548. The van der Waals surface area contributed by atoms with Crippen LogP contribution in [0, 0.1) is 5.41 Å². The molecule has 7 heteroatoms. The van der Waals surface area contributed by atoms with E-state index in [1.54, 1.807) is 0 Å². The molecule has 2 rings (SSSR count). The summed E-state index contributed by atoms with van der Waals surface area (Å²) >= 11 is 0. The molecule has 2 fully saturated rings. The molecule has 0 amide bonds. The number of rotatable bonds is 4. The zero-order chi connectivity index (χ0) is 15.0. The lowest BCUT2D eigenvalue weighted by atomic mass is 9.77. The molecule has 1 N–H and O–H groups in total. The van der Waals surface area contributed by atoms with Crippen LogP contribution in [0.2, 0.25) is 0 Å². The summed E-state index contributed by atoms with van der Waals surface area (Å²) in [7, 11) is -3.60. The first kappa shape index (κ1) is 15.7. The van der Waals surface area contributed by atoms with Gasteiger partial charge in [0.25, 0.3) is 0 Å². The van der Waals surface area contributed by atoms with Crippen molar-refractivity contribution in [3.63, 3.8) is 0 Å². The molecular formula is C13H23NO5S. The second-order valence-electron chi connectivity index (χ2n) is 6.36. The summed E-state index contributed by atoms with van der Waals surface area (Å²) in [4.78, 5) is 11.5. The van der Waals surface area contributed by atoms with Crippen LogP contribution in [-0.2, 0) is 19.6 Å². The van der Waals surface area contributed by atoms with E-state index in [0.717, 1.165) is 19.3 Å². The van der Waals surface area contributed by atoms with E-state index in [-0.39, 0.29) is 18.4 Å². The zero-order valence-electron chi connectivity index (χ0n) is 12.0. The third-order valence-electron chi connectivity index (χ3n) is 4.24. The second kappa shape index (κ2) is 5.61. The fourth-order valence-electron chi connectivity index (χ4n) is 3.21. The molecule has 2 aliphatic rings. The minimum absolute atomic E-state index is 0.104. The SMILES string of the molecule is CC1(C)CCCN(S(=O)(=O)CC2CCCO2)C1C(=O)O. The lowest BCUT2D eigenvalue weighted by molar-refractivity contribution is -0.147. The summed E-state index contributed by atoms with van der Waals surface area (Å²) in [5, 5.41) is 9.43. The molecule has 0 aromatic rings. The van der Waals surface area contributed by atoms with E-state index in [1.165, 1.54) is 4.31 Å². The van der Waals surface area contributed by atoms with E-state index in [4.69, 9.17) is 4.74 Å². The largest absolute Gasteiger partial charge is 0.480 e. The highest BCUT2D eigenvalue weighted by atomic mass is 32.2. The van der Waals surface area contributed by atoms with Crippen LogP contribution in [0.3, 0.4) is 0 Å². The number of aliphatic carboxylic acids is 1. The normalized spacial score (nSPS) is 31.3. The monoisotopic (exact) mass is 305 g/mol. The van der Waals surface area contributed by atoms with Crippen LogP contribution in [0.15, 0.2) is 0 Å². The zero-order valence-corrected chi connectivity index (χ0v) is 12.9. The summed E-state index contributed by atoms with van der Waals surface area (Å²) in [5.74, 6) is -1.17. The molecule has 0 aromatic heterocycles. The number of sulfonamides is 1. The smallest absolute Gasteiger partial charge is 0.322 e. The van der Waals surface area contributed by atoms with Gasteiger partial charge in [-0.25, -0.2) is 8.42 Å². The van der Waals surface area contributed by atoms with E-state index in [9.17, 15) is 18.3 Å². The van der Waals surface area contributed by atoms with E-state index in [2.05, 4.69) is 0 Å². The van der Waals surface area contributed by atoms with Gasteiger partial charge in [-0.1, -0.05) is 13.8 Å². The minimum Gasteiger partial charge on any atom is -0.480 e. The van der Waals surface area contributed by atoms with E-state index in [0.29, 0.717) is 13.0 Å². The quantitative estimate of drug-likeness (QED) is 0.840. The minimum atomic E-state index is -3.60. The summed E-state index contributed by atoms with van der Waals surface area (Å²) in [6.07, 6.45) is 2.72. The van der Waals surface area contributed by atoms with Crippen molar-refractivity contribution in [2.45, 2.75) is 51.7 Å². The Bertz CT molecular complexity index is 467. The van der Waals surface area contributed by atoms with E-state index < -0.39 is 27.4 Å². The maximum absolute atomic E-state index is 12.5. The summed E-state index contributed by atoms with van der Waals surface area (Å²) in [6, 6.07) is -0.984. The van der Waals surface area contributed by atoms with Crippen molar-refractivity contribution < 1.29 is 23.1 Å². The molecule has 0 spiro atoms. The van der Waals surface area contributed by atoms with E-state index >= 15 is 0 Å². The molecule has 2 saturated heterocycles. The topological polar surface area (TPSA) is 83.9 Å². The highest BCUT2D eigenvalue weighted by Crippen LogP contribution is 2.37. The van der Waals surface area contributed by atoms with Gasteiger partial charge in [0.15, 0.2) is 0 Å². The van der Waals surface area contributed by atoms with Crippen LogP contribution < -0.4 is 0 Å². The first-order valence-corrected chi connectivity index (χ1v) is 8.69. The fourth-order valence-corrected chi connectivity index (χ4v) is 5.24. The predicted molar refractivity (Wildman–Crippen MR) is 73.9 cm³/mol. The Morgan fingerprint density at radius 1 is 1.40 bits per heavy atom. The van der Waals surface area contributed by atoms with Gasteiger partial charge >= 0.3 is 5.97 Å².